The summed E-state index contributed by atoms with van der Waals surface area (Å²) in [6.07, 6.45) is 2.75. The molecule has 78 valence electrons. The van der Waals surface area contributed by atoms with Crippen molar-refractivity contribution in [3.63, 3.8) is 0 Å². The zero-order valence-electron chi connectivity index (χ0n) is 8.56. The molecule has 0 unspecified atom stereocenters. The Morgan fingerprint density at radius 1 is 1.57 bits per heavy atom. The van der Waals surface area contributed by atoms with Crippen LogP contribution < -0.4 is 5.32 Å². The van der Waals surface area contributed by atoms with Gasteiger partial charge in [-0.25, -0.2) is 4.98 Å². The molecule has 1 aromatic heterocycles. The van der Waals surface area contributed by atoms with Gasteiger partial charge in [-0.15, -0.1) is 0 Å². The standard InChI is InChI=1S/C10H14BrClN2/c1-4-10(2,3)14-9-8(12)5-7(11)6-13-9/h5-6H,4H2,1-3H3,(H,13,14). The topological polar surface area (TPSA) is 24.9 Å². The Bertz CT molecular complexity index is 326. The number of nitrogens with zero attached hydrogens (tertiary/aromatic N) is 1. The first-order valence-corrected chi connectivity index (χ1v) is 5.71. The second kappa shape index (κ2) is 4.49. The smallest absolute Gasteiger partial charge is 0.145 e. The first-order valence-electron chi connectivity index (χ1n) is 4.54. The average Bonchev–Trinajstić information content (AvgIpc) is 2.10. The summed E-state index contributed by atoms with van der Waals surface area (Å²) in [5, 5.41) is 3.94. The van der Waals surface area contributed by atoms with E-state index in [4.69, 9.17) is 11.6 Å². The van der Waals surface area contributed by atoms with E-state index in [2.05, 4.69) is 47.0 Å². The SMILES string of the molecule is CCC(C)(C)Nc1ncc(Br)cc1Cl. The molecule has 1 heterocycles. The van der Waals surface area contributed by atoms with E-state index in [-0.39, 0.29) is 5.54 Å². The Morgan fingerprint density at radius 3 is 2.71 bits per heavy atom. The van der Waals surface area contributed by atoms with E-state index in [1.807, 2.05) is 6.07 Å². The van der Waals surface area contributed by atoms with Gasteiger partial charge in [0.15, 0.2) is 0 Å². The molecule has 0 fully saturated rings. The van der Waals surface area contributed by atoms with Gasteiger partial charge >= 0.3 is 0 Å². The quantitative estimate of drug-likeness (QED) is 0.900. The molecule has 0 amide bonds. The number of halogens is 2. The highest BCUT2D eigenvalue weighted by Gasteiger charge is 2.16. The van der Waals surface area contributed by atoms with E-state index in [0.29, 0.717) is 5.02 Å². The average molecular weight is 278 g/mol. The van der Waals surface area contributed by atoms with Gasteiger partial charge in [0, 0.05) is 16.2 Å². The summed E-state index contributed by atoms with van der Waals surface area (Å²) in [7, 11) is 0. The second-order valence-electron chi connectivity index (χ2n) is 3.85. The number of rotatable bonds is 3. The molecule has 0 aliphatic rings. The van der Waals surface area contributed by atoms with E-state index in [9.17, 15) is 0 Å². The second-order valence-corrected chi connectivity index (χ2v) is 5.17. The van der Waals surface area contributed by atoms with Crippen molar-refractivity contribution in [2.75, 3.05) is 5.32 Å². The number of hydrogen-bond donors (Lipinski definition) is 1. The zero-order valence-corrected chi connectivity index (χ0v) is 10.9. The Hall–Kier alpha value is -0.280. The van der Waals surface area contributed by atoms with Crippen LogP contribution in [0.3, 0.4) is 0 Å². The molecule has 0 atom stereocenters. The van der Waals surface area contributed by atoms with Gasteiger partial charge in [-0.05, 0) is 42.3 Å². The third-order valence-corrected chi connectivity index (χ3v) is 2.87. The highest BCUT2D eigenvalue weighted by Crippen LogP contribution is 2.26. The molecule has 1 rings (SSSR count). The van der Waals surface area contributed by atoms with Gasteiger partial charge in [0.2, 0.25) is 0 Å². The normalized spacial score (nSPS) is 11.5. The lowest BCUT2D eigenvalue weighted by Gasteiger charge is -2.25. The number of aromatic nitrogens is 1. The summed E-state index contributed by atoms with van der Waals surface area (Å²) >= 11 is 9.36. The number of hydrogen-bond acceptors (Lipinski definition) is 2. The molecule has 0 spiro atoms. The van der Waals surface area contributed by atoms with Gasteiger partial charge in [0.1, 0.15) is 5.82 Å². The molecule has 0 aromatic carbocycles. The van der Waals surface area contributed by atoms with Gasteiger partial charge in [-0.3, -0.25) is 0 Å². The summed E-state index contributed by atoms with van der Waals surface area (Å²) in [5.74, 6) is 0.738. The Balaban J connectivity index is 2.87. The molecule has 0 saturated carbocycles. The van der Waals surface area contributed by atoms with Crippen molar-refractivity contribution >= 4 is 33.3 Å². The summed E-state index contributed by atoms with van der Waals surface area (Å²) < 4.78 is 0.891. The van der Waals surface area contributed by atoms with Crippen LogP contribution in [0.2, 0.25) is 5.02 Å². The van der Waals surface area contributed by atoms with Crippen molar-refractivity contribution in [2.24, 2.45) is 0 Å². The van der Waals surface area contributed by atoms with Crippen LogP contribution >= 0.6 is 27.5 Å². The van der Waals surface area contributed by atoms with E-state index in [1.165, 1.54) is 0 Å². The molecule has 14 heavy (non-hydrogen) atoms. The zero-order chi connectivity index (χ0) is 10.8. The summed E-state index contributed by atoms with van der Waals surface area (Å²) in [6.45, 7) is 6.36. The minimum absolute atomic E-state index is 0.0183. The minimum Gasteiger partial charge on any atom is -0.364 e. The van der Waals surface area contributed by atoms with E-state index >= 15 is 0 Å². The van der Waals surface area contributed by atoms with Crippen LogP contribution in [-0.4, -0.2) is 10.5 Å². The van der Waals surface area contributed by atoms with Crippen molar-refractivity contribution in [3.05, 3.63) is 21.8 Å². The van der Waals surface area contributed by atoms with Crippen LogP contribution in [0.1, 0.15) is 27.2 Å². The lowest BCUT2D eigenvalue weighted by atomic mass is 10.0. The van der Waals surface area contributed by atoms with Crippen molar-refractivity contribution < 1.29 is 0 Å². The fourth-order valence-electron chi connectivity index (χ4n) is 0.915. The number of anilines is 1. The molecule has 1 aromatic rings. The van der Waals surface area contributed by atoms with Crippen LogP contribution in [0.4, 0.5) is 5.82 Å². The Morgan fingerprint density at radius 2 is 2.21 bits per heavy atom. The molecule has 0 radical (unpaired) electrons. The van der Waals surface area contributed by atoms with Crippen molar-refractivity contribution in [2.45, 2.75) is 32.7 Å². The fourth-order valence-corrected chi connectivity index (χ4v) is 1.59. The molecule has 0 saturated heterocycles. The largest absolute Gasteiger partial charge is 0.364 e. The predicted octanol–water partition coefficient (Wildman–Crippen LogP) is 4.10. The third kappa shape index (κ3) is 3.14. The van der Waals surface area contributed by atoms with Crippen LogP contribution in [0, 0.1) is 0 Å². The molecular formula is C10H14BrClN2. The molecule has 0 aliphatic carbocycles. The van der Waals surface area contributed by atoms with Crippen LogP contribution in [-0.2, 0) is 0 Å². The number of nitrogens with one attached hydrogen (secondary N) is 1. The van der Waals surface area contributed by atoms with E-state index < -0.39 is 0 Å². The number of pyridine rings is 1. The van der Waals surface area contributed by atoms with E-state index in [1.54, 1.807) is 6.20 Å². The van der Waals surface area contributed by atoms with E-state index in [0.717, 1.165) is 16.7 Å². The van der Waals surface area contributed by atoms with Gasteiger partial charge < -0.3 is 5.32 Å². The van der Waals surface area contributed by atoms with Crippen LogP contribution in [0.25, 0.3) is 0 Å². The molecule has 1 N–H and O–H groups in total. The molecule has 2 nitrogen and oxygen atoms in total. The highest BCUT2D eigenvalue weighted by atomic mass is 79.9. The summed E-state index contributed by atoms with van der Waals surface area (Å²) in [5.41, 5.74) is 0.0183. The van der Waals surface area contributed by atoms with Gasteiger partial charge in [0.25, 0.3) is 0 Å². The fraction of sp³-hybridized carbons (Fsp3) is 0.500. The minimum atomic E-state index is 0.0183. The van der Waals surface area contributed by atoms with Gasteiger partial charge in [0.05, 0.1) is 5.02 Å². The summed E-state index contributed by atoms with van der Waals surface area (Å²) in [6, 6.07) is 1.84. The van der Waals surface area contributed by atoms with Gasteiger partial charge in [-0.1, -0.05) is 18.5 Å². The van der Waals surface area contributed by atoms with Crippen molar-refractivity contribution in [1.29, 1.82) is 0 Å². The molecule has 0 aliphatic heterocycles. The predicted molar refractivity (Wildman–Crippen MR) is 64.9 cm³/mol. The monoisotopic (exact) mass is 276 g/mol. The summed E-state index contributed by atoms with van der Waals surface area (Å²) in [4.78, 5) is 4.22. The maximum Gasteiger partial charge on any atom is 0.145 e. The van der Waals surface area contributed by atoms with Crippen molar-refractivity contribution in [3.8, 4) is 0 Å². The lowest BCUT2D eigenvalue weighted by molar-refractivity contribution is 0.545. The van der Waals surface area contributed by atoms with Crippen LogP contribution in [0.15, 0.2) is 16.7 Å². The maximum atomic E-state index is 6.04. The first-order chi connectivity index (χ1) is 6.44. The van der Waals surface area contributed by atoms with Crippen molar-refractivity contribution in [1.82, 2.24) is 4.98 Å². The Kier molecular flexibility index (Phi) is 3.78. The van der Waals surface area contributed by atoms with Crippen LogP contribution in [0.5, 0.6) is 0 Å². The Labute approximate surface area is 98.2 Å². The lowest BCUT2D eigenvalue weighted by Crippen LogP contribution is -2.30. The van der Waals surface area contributed by atoms with Gasteiger partial charge in [-0.2, -0.15) is 0 Å². The third-order valence-electron chi connectivity index (χ3n) is 2.15. The molecular weight excluding hydrogens is 263 g/mol. The molecule has 0 bridgehead atoms. The maximum absolute atomic E-state index is 6.04. The highest BCUT2D eigenvalue weighted by molar-refractivity contribution is 9.10. The first kappa shape index (κ1) is 11.8. The molecule has 4 heteroatoms.